The van der Waals surface area contributed by atoms with Gasteiger partial charge in [-0.1, -0.05) is 26.7 Å². The number of nitrogens with one attached hydrogen (secondary N) is 4. The number of hydrogen-bond acceptors (Lipinski definition) is 3. The van der Waals surface area contributed by atoms with Crippen molar-refractivity contribution in [3.8, 4) is 0 Å². The largest absolute Gasteiger partial charge is 0.372 e. The highest BCUT2D eigenvalue weighted by Crippen LogP contribution is 2.17. The topological polar surface area (TPSA) is 81.8 Å². The first-order valence-corrected chi connectivity index (χ1v) is 6.58. The monoisotopic (exact) mass is 253 g/mol. The van der Waals surface area contributed by atoms with Crippen LogP contribution in [0.3, 0.4) is 0 Å². The standard InChI is InChI=1S/C10H17N5O.C2H6/c1-11-8-6-9(15-14-8)13-10(16)12-7-4-2-3-5-7;1-2/h6-7H,2-5H2,1H3,(H4,11,12,13,14,15,16);1-2H3. The van der Waals surface area contributed by atoms with Crippen LogP contribution >= 0.6 is 0 Å². The molecule has 6 heteroatoms. The van der Waals surface area contributed by atoms with Gasteiger partial charge in [0, 0.05) is 19.2 Å². The molecule has 102 valence electrons. The normalized spacial score (nSPS) is 14.6. The van der Waals surface area contributed by atoms with Crippen LogP contribution in [0.5, 0.6) is 0 Å². The highest BCUT2D eigenvalue weighted by Gasteiger charge is 2.17. The third-order valence-electron chi connectivity index (χ3n) is 2.77. The summed E-state index contributed by atoms with van der Waals surface area (Å²) in [7, 11) is 1.78. The van der Waals surface area contributed by atoms with Crippen LogP contribution in [-0.4, -0.2) is 29.3 Å². The van der Waals surface area contributed by atoms with E-state index in [1.54, 1.807) is 13.1 Å². The Balaban J connectivity index is 0.000000771. The minimum absolute atomic E-state index is 0.168. The SMILES string of the molecule is CC.CNc1cc(NC(=O)NC2CCCC2)[nH]n1. The lowest BCUT2D eigenvalue weighted by Gasteiger charge is -2.11. The zero-order chi connectivity index (χ0) is 13.4. The maximum absolute atomic E-state index is 11.6. The molecule has 0 aliphatic heterocycles. The first-order valence-electron chi connectivity index (χ1n) is 6.58. The predicted octanol–water partition coefficient (Wildman–Crippen LogP) is 2.54. The quantitative estimate of drug-likeness (QED) is 0.668. The number of aromatic nitrogens is 2. The molecular formula is C12H23N5O. The molecule has 0 spiro atoms. The molecule has 1 saturated carbocycles. The zero-order valence-electron chi connectivity index (χ0n) is 11.3. The summed E-state index contributed by atoms with van der Waals surface area (Å²) < 4.78 is 0. The Bertz CT molecular complexity index is 357. The van der Waals surface area contributed by atoms with E-state index in [0.717, 1.165) is 12.8 Å². The average Bonchev–Trinajstić information content (AvgIpc) is 3.03. The molecule has 2 amide bonds. The molecule has 1 heterocycles. The summed E-state index contributed by atoms with van der Waals surface area (Å²) in [6.07, 6.45) is 4.58. The van der Waals surface area contributed by atoms with Crippen molar-refractivity contribution in [1.82, 2.24) is 15.5 Å². The number of rotatable bonds is 3. The molecule has 1 aromatic heterocycles. The van der Waals surface area contributed by atoms with Gasteiger partial charge in [0.15, 0.2) is 0 Å². The van der Waals surface area contributed by atoms with Crippen molar-refractivity contribution >= 4 is 17.7 Å². The second kappa shape index (κ2) is 7.58. The van der Waals surface area contributed by atoms with Crippen molar-refractivity contribution in [3.05, 3.63) is 6.07 Å². The Kier molecular flexibility index (Phi) is 6.04. The zero-order valence-corrected chi connectivity index (χ0v) is 11.3. The van der Waals surface area contributed by atoms with Crippen molar-refractivity contribution < 1.29 is 4.79 Å². The first-order chi connectivity index (χ1) is 8.78. The van der Waals surface area contributed by atoms with E-state index in [4.69, 9.17) is 0 Å². The van der Waals surface area contributed by atoms with Crippen molar-refractivity contribution in [3.63, 3.8) is 0 Å². The van der Waals surface area contributed by atoms with Gasteiger partial charge in [0.2, 0.25) is 0 Å². The van der Waals surface area contributed by atoms with Crippen molar-refractivity contribution in [2.45, 2.75) is 45.6 Å². The van der Waals surface area contributed by atoms with E-state index in [2.05, 4.69) is 26.1 Å². The highest BCUT2D eigenvalue weighted by atomic mass is 16.2. The minimum atomic E-state index is -0.168. The molecule has 1 aliphatic carbocycles. The van der Waals surface area contributed by atoms with Crippen LogP contribution < -0.4 is 16.0 Å². The molecule has 2 rings (SSSR count). The van der Waals surface area contributed by atoms with Gasteiger partial charge in [0.05, 0.1) is 0 Å². The van der Waals surface area contributed by atoms with E-state index in [9.17, 15) is 4.79 Å². The summed E-state index contributed by atoms with van der Waals surface area (Å²) in [4.78, 5) is 11.6. The molecular weight excluding hydrogens is 230 g/mol. The van der Waals surface area contributed by atoms with Gasteiger partial charge in [-0.05, 0) is 12.8 Å². The first kappa shape index (κ1) is 14.3. The van der Waals surface area contributed by atoms with Gasteiger partial charge < -0.3 is 10.6 Å². The molecule has 1 fully saturated rings. The number of amides is 2. The van der Waals surface area contributed by atoms with Gasteiger partial charge in [-0.15, -0.1) is 0 Å². The summed E-state index contributed by atoms with van der Waals surface area (Å²) in [5, 5.41) is 15.2. The van der Waals surface area contributed by atoms with Crippen LogP contribution in [-0.2, 0) is 0 Å². The van der Waals surface area contributed by atoms with E-state index in [1.807, 2.05) is 13.8 Å². The molecule has 1 aromatic rings. The Labute approximate surface area is 108 Å². The second-order valence-electron chi connectivity index (χ2n) is 4.00. The number of urea groups is 1. The molecule has 4 N–H and O–H groups in total. The lowest BCUT2D eigenvalue weighted by molar-refractivity contribution is 0.248. The van der Waals surface area contributed by atoms with Crippen LogP contribution in [0.2, 0.25) is 0 Å². The lowest BCUT2D eigenvalue weighted by Crippen LogP contribution is -2.36. The molecule has 0 unspecified atom stereocenters. The molecule has 6 nitrogen and oxygen atoms in total. The summed E-state index contributed by atoms with van der Waals surface area (Å²) >= 11 is 0. The molecule has 0 bridgehead atoms. The van der Waals surface area contributed by atoms with Crippen molar-refractivity contribution in [1.29, 1.82) is 0 Å². The predicted molar refractivity (Wildman–Crippen MR) is 73.9 cm³/mol. The molecule has 0 atom stereocenters. The minimum Gasteiger partial charge on any atom is -0.372 e. The number of carbonyl (C=O) groups is 1. The van der Waals surface area contributed by atoms with Gasteiger partial charge >= 0.3 is 6.03 Å². The van der Waals surface area contributed by atoms with E-state index < -0.39 is 0 Å². The maximum atomic E-state index is 11.6. The summed E-state index contributed by atoms with van der Waals surface area (Å²) in [5.41, 5.74) is 0. The lowest BCUT2D eigenvalue weighted by atomic mass is 10.2. The van der Waals surface area contributed by atoms with Gasteiger partial charge in [0.25, 0.3) is 0 Å². The van der Waals surface area contributed by atoms with E-state index in [-0.39, 0.29) is 6.03 Å². The molecule has 0 aromatic carbocycles. The summed E-state index contributed by atoms with van der Waals surface area (Å²) in [6.45, 7) is 4.00. The molecule has 0 radical (unpaired) electrons. The number of carbonyl (C=O) groups excluding carboxylic acids is 1. The number of hydrogen-bond donors (Lipinski definition) is 4. The second-order valence-corrected chi connectivity index (χ2v) is 4.00. The average molecular weight is 253 g/mol. The van der Waals surface area contributed by atoms with Crippen molar-refractivity contribution in [2.75, 3.05) is 17.7 Å². The van der Waals surface area contributed by atoms with Crippen LogP contribution in [0.1, 0.15) is 39.5 Å². The number of aromatic amines is 1. The third kappa shape index (κ3) is 4.27. The Morgan fingerprint density at radius 3 is 2.61 bits per heavy atom. The molecule has 1 aliphatic rings. The van der Waals surface area contributed by atoms with Crippen molar-refractivity contribution in [2.24, 2.45) is 0 Å². The fourth-order valence-corrected chi connectivity index (χ4v) is 1.93. The van der Waals surface area contributed by atoms with E-state index in [1.165, 1.54) is 12.8 Å². The number of H-pyrrole nitrogens is 1. The van der Waals surface area contributed by atoms with Gasteiger partial charge in [-0.25, -0.2) is 4.79 Å². The van der Waals surface area contributed by atoms with E-state index in [0.29, 0.717) is 17.7 Å². The van der Waals surface area contributed by atoms with Gasteiger partial charge in [-0.3, -0.25) is 10.4 Å². The van der Waals surface area contributed by atoms with E-state index >= 15 is 0 Å². The highest BCUT2D eigenvalue weighted by molar-refractivity contribution is 5.88. The third-order valence-corrected chi connectivity index (χ3v) is 2.77. The smallest absolute Gasteiger partial charge is 0.320 e. The Morgan fingerprint density at radius 2 is 2.06 bits per heavy atom. The fraction of sp³-hybridized carbons (Fsp3) is 0.667. The van der Waals surface area contributed by atoms with Crippen LogP contribution in [0.15, 0.2) is 6.07 Å². The van der Waals surface area contributed by atoms with Gasteiger partial charge in [-0.2, -0.15) is 5.10 Å². The number of nitrogens with zero attached hydrogens (tertiary/aromatic N) is 1. The summed E-state index contributed by atoms with van der Waals surface area (Å²) in [6, 6.07) is 1.90. The molecule has 0 saturated heterocycles. The van der Waals surface area contributed by atoms with Crippen LogP contribution in [0, 0.1) is 0 Å². The fourth-order valence-electron chi connectivity index (χ4n) is 1.93. The summed E-state index contributed by atoms with van der Waals surface area (Å²) in [5.74, 6) is 1.30. The van der Waals surface area contributed by atoms with Crippen LogP contribution in [0.25, 0.3) is 0 Å². The van der Waals surface area contributed by atoms with Crippen LogP contribution in [0.4, 0.5) is 16.4 Å². The Morgan fingerprint density at radius 1 is 1.39 bits per heavy atom. The Hall–Kier alpha value is -1.72. The maximum Gasteiger partial charge on any atom is 0.320 e. The number of anilines is 2. The molecule has 18 heavy (non-hydrogen) atoms. The van der Waals surface area contributed by atoms with Gasteiger partial charge in [0.1, 0.15) is 11.6 Å².